The van der Waals surface area contributed by atoms with Crippen molar-refractivity contribution in [2.75, 3.05) is 25.4 Å². The second-order valence-corrected chi connectivity index (χ2v) is 5.17. The Labute approximate surface area is 109 Å². The fourth-order valence-electron chi connectivity index (χ4n) is 1.72. The Morgan fingerprint density at radius 3 is 2.41 bits per heavy atom. The summed E-state index contributed by atoms with van der Waals surface area (Å²) in [6.07, 6.45) is -0.219. The highest BCUT2D eigenvalue weighted by molar-refractivity contribution is 7.98. The van der Waals surface area contributed by atoms with Gasteiger partial charge in [0.1, 0.15) is 0 Å². The fraction of sp³-hybridized carbons (Fsp3) is 0.571. The molecule has 2 nitrogen and oxygen atoms in total. The van der Waals surface area contributed by atoms with E-state index in [1.54, 1.807) is 11.8 Å². The molecule has 0 radical (unpaired) electrons. The number of hydrogen-bond acceptors (Lipinski definition) is 3. The fourth-order valence-corrected chi connectivity index (χ4v) is 2.64. The molecule has 1 unspecified atom stereocenters. The van der Waals surface area contributed by atoms with Gasteiger partial charge in [-0.15, -0.1) is 0 Å². The third kappa shape index (κ3) is 6.10. The maximum atomic E-state index is 9.90. The molecular weight excluding hydrogens is 230 g/mol. The SMILES string of the molecule is CCN(CC)CC(O)CSCc1ccccc1. The van der Waals surface area contributed by atoms with Gasteiger partial charge < -0.3 is 10.0 Å². The van der Waals surface area contributed by atoms with Crippen molar-refractivity contribution in [2.45, 2.75) is 25.7 Å². The zero-order valence-corrected chi connectivity index (χ0v) is 11.6. The van der Waals surface area contributed by atoms with Gasteiger partial charge >= 0.3 is 0 Å². The smallest absolute Gasteiger partial charge is 0.0757 e. The van der Waals surface area contributed by atoms with Crippen LogP contribution in [0.25, 0.3) is 0 Å². The molecule has 0 saturated heterocycles. The quantitative estimate of drug-likeness (QED) is 0.770. The van der Waals surface area contributed by atoms with Crippen LogP contribution < -0.4 is 0 Å². The van der Waals surface area contributed by atoms with Crippen molar-refractivity contribution in [1.82, 2.24) is 4.90 Å². The van der Waals surface area contributed by atoms with Crippen LogP contribution in [0, 0.1) is 0 Å². The first-order valence-electron chi connectivity index (χ1n) is 6.28. The van der Waals surface area contributed by atoms with Crippen molar-refractivity contribution in [3.63, 3.8) is 0 Å². The lowest BCUT2D eigenvalue weighted by Gasteiger charge is -2.21. The number of thioether (sulfide) groups is 1. The minimum atomic E-state index is -0.219. The van der Waals surface area contributed by atoms with E-state index in [9.17, 15) is 5.11 Å². The van der Waals surface area contributed by atoms with E-state index in [1.165, 1.54) is 5.56 Å². The van der Waals surface area contributed by atoms with Gasteiger partial charge in [0.05, 0.1) is 6.10 Å². The van der Waals surface area contributed by atoms with Crippen LogP contribution in [0.2, 0.25) is 0 Å². The summed E-state index contributed by atoms with van der Waals surface area (Å²) in [7, 11) is 0. The second-order valence-electron chi connectivity index (χ2n) is 4.14. The molecule has 1 atom stereocenters. The van der Waals surface area contributed by atoms with Gasteiger partial charge in [-0.2, -0.15) is 11.8 Å². The third-order valence-electron chi connectivity index (χ3n) is 2.79. The van der Waals surface area contributed by atoms with Crippen molar-refractivity contribution in [1.29, 1.82) is 0 Å². The molecule has 0 aromatic heterocycles. The molecular formula is C14H23NOS. The van der Waals surface area contributed by atoms with Crippen LogP contribution in [0.1, 0.15) is 19.4 Å². The molecule has 0 saturated carbocycles. The summed E-state index contributed by atoms with van der Waals surface area (Å²) in [5.74, 6) is 1.79. The van der Waals surface area contributed by atoms with Crippen molar-refractivity contribution < 1.29 is 5.11 Å². The van der Waals surface area contributed by atoms with Gasteiger partial charge in [0.25, 0.3) is 0 Å². The number of likely N-dealkylation sites (N-methyl/N-ethyl adjacent to an activating group) is 1. The molecule has 0 bridgehead atoms. The maximum Gasteiger partial charge on any atom is 0.0757 e. The molecule has 0 aliphatic heterocycles. The van der Waals surface area contributed by atoms with Crippen LogP contribution in [0.4, 0.5) is 0 Å². The van der Waals surface area contributed by atoms with Crippen molar-refractivity contribution in [3.8, 4) is 0 Å². The molecule has 3 heteroatoms. The predicted molar refractivity (Wildman–Crippen MR) is 76.4 cm³/mol. The van der Waals surface area contributed by atoms with Gasteiger partial charge in [-0.05, 0) is 18.7 Å². The minimum Gasteiger partial charge on any atom is -0.391 e. The first-order valence-corrected chi connectivity index (χ1v) is 7.43. The Kier molecular flexibility index (Phi) is 7.33. The van der Waals surface area contributed by atoms with Crippen LogP contribution >= 0.6 is 11.8 Å². The minimum absolute atomic E-state index is 0.219. The van der Waals surface area contributed by atoms with E-state index in [1.807, 2.05) is 6.07 Å². The summed E-state index contributed by atoms with van der Waals surface area (Å²) in [4.78, 5) is 2.26. The van der Waals surface area contributed by atoms with Crippen LogP contribution in [0.15, 0.2) is 30.3 Å². The lowest BCUT2D eigenvalue weighted by Crippen LogP contribution is -2.33. The Morgan fingerprint density at radius 2 is 1.82 bits per heavy atom. The molecule has 0 fully saturated rings. The van der Waals surface area contributed by atoms with Crippen LogP contribution in [-0.4, -0.2) is 41.5 Å². The highest BCUT2D eigenvalue weighted by Gasteiger charge is 2.08. The van der Waals surface area contributed by atoms with Gasteiger partial charge in [-0.3, -0.25) is 0 Å². The molecule has 1 rings (SSSR count). The first kappa shape index (κ1) is 14.6. The lowest BCUT2D eigenvalue weighted by molar-refractivity contribution is 0.137. The van der Waals surface area contributed by atoms with E-state index >= 15 is 0 Å². The number of aliphatic hydroxyl groups excluding tert-OH is 1. The maximum absolute atomic E-state index is 9.90. The summed E-state index contributed by atoms with van der Waals surface area (Å²) in [6, 6.07) is 10.4. The van der Waals surface area contributed by atoms with Gasteiger partial charge in [-0.25, -0.2) is 0 Å². The topological polar surface area (TPSA) is 23.5 Å². The van der Waals surface area contributed by atoms with E-state index in [0.29, 0.717) is 0 Å². The standard InChI is InChI=1S/C14H23NOS/c1-3-15(4-2)10-14(16)12-17-11-13-8-6-5-7-9-13/h5-9,14,16H,3-4,10-12H2,1-2H3. The Hall–Kier alpha value is -0.510. The average Bonchev–Trinajstić information content (AvgIpc) is 2.37. The molecule has 0 heterocycles. The molecule has 1 aromatic rings. The number of aliphatic hydroxyl groups is 1. The van der Waals surface area contributed by atoms with E-state index in [-0.39, 0.29) is 6.10 Å². The zero-order chi connectivity index (χ0) is 12.5. The zero-order valence-electron chi connectivity index (χ0n) is 10.8. The van der Waals surface area contributed by atoms with Gasteiger partial charge in [0.2, 0.25) is 0 Å². The van der Waals surface area contributed by atoms with E-state index in [4.69, 9.17) is 0 Å². The van der Waals surface area contributed by atoms with Gasteiger partial charge in [0.15, 0.2) is 0 Å². The third-order valence-corrected chi connectivity index (χ3v) is 3.94. The average molecular weight is 253 g/mol. The molecule has 0 spiro atoms. The van der Waals surface area contributed by atoms with Crippen LogP contribution in [0.5, 0.6) is 0 Å². The molecule has 0 aliphatic rings. The Morgan fingerprint density at radius 1 is 1.18 bits per heavy atom. The number of benzene rings is 1. The molecule has 1 N–H and O–H groups in total. The molecule has 0 amide bonds. The number of hydrogen-bond donors (Lipinski definition) is 1. The summed E-state index contributed by atoms with van der Waals surface area (Å²) in [5.41, 5.74) is 1.33. The van der Waals surface area contributed by atoms with Crippen molar-refractivity contribution >= 4 is 11.8 Å². The molecule has 96 valence electrons. The van der Waals surface area contributed by atoms with Crippen molar-refractivity contribution in [2.24, 2.45) is 0 Å². The summed E-state index contributed by atoms with van der Waals surface area (Å²) >= 11 is 1.80. The van der Waals surface area contributed by atoms with Crippen LogP contribution in [-0.2, 0) is 5.75 Å². The first-order chi connectivity index (χ1) is 8.26. The largest absolute Gasteiger partial charge is 0.391 e. The van der Waals surface area contributed by atoms with Crippen LogP contribution in [0.3, 0.4) is 0 Å². The highest BCUT2D eigenvalue weighted by Crippen LogP contribution is 2.13. The molecule has 1 aromatic carbocycles. The number of rotatable bonds is 8. The highest BCUT2D eigenvalue weighted by atomic mass is 32.2. The Bertz CT molecular complexity index is 288. The van der Waals surface area contributed by atoms with E-state index in [0.717, 1.165) is 31.1 Å². The molecule has 0 aliphatic carbocycles. The Balaban J connectivity index is 2.18. The van der Waals surface area contributed by atoms with Gasteiger partial charge in [-0.1, -0.05) is 44.2 Å². The normalized spacial score (nSPS) is 12.9. The van der Waals surface area contributed by atoms with Gasteiger partial charge in [0, 0.05) is 18.1 Å². The predicted octanol–water partition coefficient (Wildman–Crippen LogP) is 2.62. The van der Waals surface area contributed by atoms with E-state index in [2.05, 4.69) is 43.0 Å². The lowest BCUT2D eigenvalue weighted by atomic mass is 10.2. The summed E-state index contributed by atoms with van der Waals surface area (Å²) < 4.78 is 0. The summed E-state index contributed by atoms with van der Waals surface area (Å²) in [6.45, 7) is 7.07. The molecule has 17 heavy (non-hydrogen) atoms. The van der Waals surface area contributed by atoms with E-state index < -0.39 is 0 Å². The second kappa shape index (κ2) is 8.56. The monoisotopic (exact) mass is 253 g/mol. The number of nitrogens with zero attached hydrogens (tertiary/aromatic N) is 1. The van der Waals surface area contributed by atoms with Crippen molar-refractivity contribution in [3.05, 3.63) is 35.9 Å². The summed E-state index contributed by atoms with van der Waals surface area (Å²) in [5, 5.41) is 9.90.